The van der Waals surface area contributed by atoms with Crippen LogP contribution in [0.25, 0.3) is 0 Å². The molecule has 6 rings (SSSR count). The number of amides is 4. The number of carbonyl (C=O) groups is 4. The fourth-order valence-electron chi connectivity index (χ4n) is 7.63. The monoisotopic (exact) mass is 729 g/mol. The van der Waals surface area contributed by atoms with E-state index in [0.29, 0.717) is 30.8 Å². The molecule has 3 aromatic rings. The highest BCUT2D eigenvalue weighted by molar-refractivity contribution is 7.91. The zero-order valence-electron chi connectivity index (χ0n) is 30.5. The van der Waals surface area contributed by atoms with Crippen molar-refractivity contribution in [3.8, 4) is 0 Å². The second-order valence-electron chi connectivity index (χ2n) is 15.4. The van der Waals surface area contributed by atoms with Crippen LogP contribution in [0.5, 0.6) is 0 Å². The molecule has 0 bridgehead atoms. The molecule has 2 aliphatic heterocycles. The molecule has 4 amide bonds. The molecule has 3 aliphatic rings. The Morgan fingerprint density at radius 1 is 0.962 bits per heavy atom. The van der Waals surface area contributed by atoms with E-state index in [2.05, 4.69) is 15.6 Å². The molecular weight excluding hydrogens is 683 g/mol. The van der Waals surface area contributed by atoms with Crippen molar-refractivity contribution in [2.24, 2.45) is 5.41 Å². The molecule has 12 nitrogen and oxygen atoms in total. The third kappa shape index (κ3) is 7.55. The topological polar surface area (TPSA) is 155 Å². The molecule has 1 aromatic heterocycles. The largest absolute Gasteiger partial charge is 0.444 e. The number of aromatic nitrogens is 1. The number of nitrogens with zero attached hydrogens (tertiary/aromatic N) is 3. The lowest BCUT2D eigenvalue weighted by Crippen LogP contribution is -2.49. The van der Waals surface area contributed by atoms with Crippen LogP contribution in [-0.4, -0.2) is 77.7 Å². The first kappa shape index (κ1) is 37.0. The predicted octanol–water partition coefficient (Wildman–Crippen LogP) is 5.01. The van der Waals surface area contributed by atoms with Crippen LogP contribution < -0.4 is 10.6 Å². The van der Waals surface area contributed by atoms with Gasteiger partial charge in [-0.3, -0.25) is 14.4 Å². The number of nitrogens with one attached hydrogen (secondary N) is 2. The van der Waals surface area contributed by atoms with E-state index in [1.54, 1.807) is 40.1 Å². The minimum atomic E-state index is -3.25. The van der Waals surface area contributed by atoms with Crippen molar-refractivity contribution in [3.05, 3.63) is 88.6 Å². The fourth-order valence-corrected chi connectivity index (χ4v) is 9.24. The summed E-state index contributed by atoms with van der Waals surface area (Å²) in [6.45, 7) is 7.29. The number of hydrogen-bond donors (Lipinski definition) is 2. The van der Waals surface area contributed by atoms with Gasteiger partial charge in [-0.1, -0.05) is 43.3 Å². The first-order valence-electron chi connectivity index (χ1n) is 17.7. The maximum absolute atomic E-state index is 14.5. The SMILES string of the molecule is CCC1(C(=O)N(CC(=O)Nc2ccc3c(c2)C[C@@]2(C3)C(=O)Nc3ncccc32)Cc2ccccc2CN(C)C(=O)OC(C)(C)C)CCS(=O)(=O)CC1. The van der Waals surface area contributed by atoms with Gasteiger partial charge in [0.1, 0.15) is 27.8 Å². The molecule has 0 saturated carbocycles. The zero-order chi connectivity index (χ0) is 37.5. The number of carbonyl (C=O) groups excluding carboxylic acids is 4. The summed E-state index contributed by atoms with van der Waals surface area (Å²) in [5, 5.41) is 5.89. The van der Waals surface area contributed by atoms with Crippen LogP contribution in [0.15, 0.2) is 60.8 Å². The normalized spacial score (nSPS) is 19.7. The summed E-state index contributed by atoms with van der Waals surface area (Å²) in [6.07, 6.45) is 2.97. The predicted molar refractivity (Wildman–Crippen MR) is 197 cm³/mol. The maximum Gasteiger partial charge on any atom is 0.410 e. The average Bonchev–Trinajstić information content (AvgIpc) is 3.60. The summed E-state index contributed by atoms with van der Waals surface area (Å²) in [5.41, 5.74) is 2.58. The quantitative estimate of drug-likeness (QED) is 0.312. The molecule has 2 N–H and O–H groups in total. The Morgan fingerprint density at radius 3 is 2.31 bits per heavy atom. The standard InChI is InChI=1S/C39H47N5O7S/c1-6-38(15-18-52(49,50)19-16-38)35(47)44(24-28-11-8-7-10-27(28)23-43(5)36(48)51-37(2,3)4)25-32(45)41-30-14-13-26-21-39(22-29(26)20-30)31-12-9-17-40-33(31)42-34(39)46/h7-14,17,20H,6,15-16,18-19,21-25H2,1-5H3,(H,41,45)(H,40,42,46)/t39-/m1/s1. The van der Waals surface area contributed by atoms with E-state index in [-0.39, 0.29) is 55.8 Å². The molecule has 1 saturated heterocycles. The van der Waals surface area contributed by atoms with Crippen molar-refractivity contribution in [2.45, 2.75) is 83.9 Å². The van der Waals surface area contributed by atoms with Gasteiger partial charge in [0, 0.05) is 37.6 Å². The molecule has 276 valence electrons. The van der Waals surface area contributed by atoms with Gasteiger partial charge in [-0.05, 0) is 93.3 Å². The van der Waals surface area contributed by atoms with E-state index in [1.807, 2.05) is 55.5 Å². The number of anilines is 2. The summed E-state index contributed by atoms with van der Waals surface area (Å²) < 4.78 is 30.3. The Kier molecular flexibility index (Phi) is 9.95. The Balaban J connectivity index is 1.23. The first-order valence-corrected chi connectivity index (χ1v) is 19.5. The van der Waals surface area contributed by atoms with Gasteiger partial charge < -0.3 is 25.2 Å². The Morgan fingerprint density at radius 2 is 1.63 bits per heavy atom. The van der Waals surface area contributed by atoms with Gasteiger partial charge in [-0.25, -0.2) is 18.2 Å². The van der Waals surface area contributed by atoms with E-state index in [1.165, 1.54) is 9.80 Å². The lowest BCUT2D eigenvalue weighted by Gasteiger charge is -2.39. The third-order valence-electron chi connectivity index (χ3n) is 10.6. The summed E-state index contributed by atoms with van der Waals surface area (Å²) in [5.74, 6) is -0.358. The molecule has 1 aliphatic carbocycles. The van der Waals surface area contributed by atoms with Gasteiger partial charge in [-0.2, -0.15) is 0 Å². The first-order chi connectivity index (χ1) is 24.5. The van der Waals surface area contributed by atoms with Crippen LogP contribution >= 0.6 is 0 Å². The van der Waals surface area contributed by atoms with E-state index in [4.69, 9.17) is 4.74 Å². The van der Waals surface area contributed by atoms with Gasteiger partial charge in [-0.15, -0.1) is 0 Å². The zero-order valence-corrected chi connectivity index (χ0v) is 31.3. The molecule has 2 aromatic carbocycles. The van der Waals surface area contributed by atoms with Crippen LogP contribution in [0, 0.1) is 5.41 Å². The van der Waals surface area contributed by atoms with Crippen LogP contribution in [0.1, 0.15) is 74.8 Å². The molecule has 0 radical (unpaired) electrons. The van der Waals surface area contributed by atoms with E-state index in [9.17, 15) is 27.6 Å². The van der Waals surface area contributed by atoms with Crippen molar-refractivity contribution in [2.75, 3.05) is 35.7 Å². The number of hydrogen-bond acceptors (Lipinski definition) is 8. The summed E-state index contributed by atoms with van der Waals surface area (Å²) in [7, 11) is -1.61. The number of ether oxygens (including phenoxy) is 1. The molecule has 13 heteroatoms. The van der Waals surface area contributed by atoms with Crippen molar-refractivity contribution >= 4 is 45.2 Å². The van der Waals surface area contributed by atoms with Crippen LogP contribution in [0.3, 0.4) is 0 Å². The number of sulfone groups is 1. The third-order valence-corrected chi connectivity index (χ3v) is 12.2. The molecule has 3 heterocycles. The highest BCUT2D eigenvalue weighted by Crippen LogP contribution is 2.47. The van der Waals surface area contributed by atoms with Crippen LogP contribution in [0.2, 0.25) is 0 Å². The van der Waals surface area contributed by atoms with Crippen LogP contribution in [-0.2, 0) is 60.3 Å². The Hall–Kier alpha value is -4.78. The van der Waals surface area contributed by atoms with Gasteiger partial charge in [0.15, 0.2) is 0 Å². The van der Waals surface area contributed by atoms with Gasteiger partial charge in [0.25, 0.3) is 0 Å². The Bertz CT molecular complexity index is 2010. The lowest BCUT2D eigenvalue weighted by molar-refractivity contribution is -0.145. The summed E-state index contributed by atoms with van der Waals surface area (Å²) >= 11 is 0. The minimum absolute atomic E-state index is 0.0777. The Labute approximate surface area is 305 Å². The van der Waals surface area contributed by atoms with Gasteiger partial charge in [0.2, 0.25) is 17.7 Å². The number of fused-ring (bicyclic) bond motifs is 3. The number of benzene rings is 2. The average molecular weight is 730 g/mol. The second kappa shape index (κ2) is 14.0. The van der Waals surface area contributed by atoms with Crippen molar-refractivity contribution < 1.29 is 32.3 Å². The maximum atomic E-state index is 14.5. The highest BCUT2D eigenvalue weighted by Gasteiger charge is 2.51. The minimum Gasteiger partial charge on any atom is -0.444 e. The summed E-state index contributed by atoms with van der Waals surface area (Å²) in [4.78, 5) is 61.6. The molecule has 1 fully saturated rings. The van der Waals surface area contributed by atoms with Crippen molar-refractivity contribution in [1.29, 1.82) is 0 Å². The highest BCUT2D eigenvalue weighted by atomic mass is 32.2. The smallest absolute Gasteiger partial charge is 0.410 e. The molecular formula is C39H47N5O7S. The number of pyridine rings is 1. The van der Waals surface area contributed by atoms with Crippen molar-refractivity contribution in [1.82, 2.24) is 14.8 Å². The molecule has 1 atom stereocenters. The van der Waals surface area contributed by atoms with Crippen molar-refractivity contribution in [3.63, 3.8) is 0 Å². The van der Waals surface area contributed by atoms with E-state index in [0.717, 1.165) is 27.8 Å². The lowest BCUT2D eigenvalue weighted by atomic mass is 9.78. The molecule has 0 unspecified atom stereocenters. The fraction of sp³-hybridized carbons (Fsp3) is 0.462. The molecule has 52 heavy (non-hydrogen) atoms. The van der Waals surface area contributed by atoms with Gasteiger partial charge in [0.05, 0.1) is 22.3 Å². The van der Waals surface area contributed by atoms with Gasteiger partial charge >= 0.3 is 6.09 Å². The molecule has 1 spiro atoms. The van der Waals surface area contributed by atoms with E-state index >= 15 is 0 Å². The summed E-state index contributed by atoms with van der Waals surface area (Å²) in [6, 6.07) is 16.8. The van der Waals surface area contributed by atoms with E-state index < -0.39 is 38.3 Å². The second-order valence-corrected chi connectivity index (χ2v) is 17.7. The van der Waals surface area contributed by atoms with Crippen LogP contribution in [0.4, 0.5) is 16.3 Å². The number of rotatable bonds is 9.